The van der Waals surface area contributed by atoms with Crippen LogP contribution in [0.5, 0.6) is 5.75 Å². The topological polar surface area (TPSA) is 199 Å². The third-order valence-corrected chi connectivity index (χ3v) is 7.62. The Hall–Kier alpha value is -4.35. The van der Waals surface area contributed by atoms with Crippen molar-refractivity contribution < 1.29 is 22.9 Å². The Morgan fingerprint density at radius 1 is 1.23 bits per heavy atom. The zero-order valence-corrected chi connectivity index (χ0v) is 21.6. The van der Waals surface area contributed by atoms with Crippen LogP contribution in [-0.2, 0) is 10.1 Å². The highest BCUT2D eigenvalue weighted by Gasteiger charge is 2.27. The maximum absolute atomic E-state index is 12.5. The number of aromatic nitrogens is 4. The molecule has 0 saturated heterocycles. The maximum Gasteiger partial charge on any atom is 0.266 e. The number of nitriles is 1. The van der Waals surface area contributed by atoms with Gasteiger partial charge in [0.2, 0.25) is 0 Å². The van der Waals surface area contributed by atoms with E-state index in [2.05, 4.69) is 36.1 Å². The number of rotatable bonds is 8. The fraction of sp³-hybridized carbons (Fsp3) is 0.360. The number of H-pyrrole nitrogens is 1. The van der Waals surface area contributed by atoms with Crippen molar-refractivity contribution in [3.63, 3.8) is 0 Å². The molecule has 39 heavy (non-hydrogen) atoms. The molecule has 3 heterocycles. The summed E-state index contributed by atoms with van der Waals surface area (Å²) in [5.74, 6) is -0.955. The summed E-state index contributed by atoms with van der Waals surface area (Å²) in [5.41, 5.74) is 2.44. The quantitative estimate of drug-likeness (QED) is 0.184. The summed E-state index contributed by atoms with van der Waals surface area (Å²) in [5, 5.41) is 31.2. The van der Waals surface area contributed by atoms with Gasteiger partial charge in [0.1, 0.15) is 16.9 Å². The van der Waals surface area contributed by atoms with Gasteiger partial charge in [-0.3, -0.25) is 9.35 Å². The zero-order valence-electron chi connectivity index (χ0n) is 20.8. The molecule has 0 radical (unpaired) electrons. The lowest BCUT2D eigenvalue weighted by atomic mass is 9.84. The second kappa shape index (κ2) is 10.8. The predicted octanol–water partition coefficient (Wildman–Crippen LogP) is 4.30. The number of phenolic OH excluding ortho intramolecular Hbond substituents is 1. The molecule has 3 aromatic heterocycles. The van der Waals surface area contributed by atoms with Gasteiger partial charge in [0, 0.05) is 30.6 Å². The average Bonchev–Trinajstić information content (AvgIpc) is 3.52. The summed E-state index contributed by atoms with van der Waals surface area (Å²) in [6, 6.07) is 8.42. The van der Waals surface area contributed by atoms with Crippen LogP contribution in [0.15, 0.2) is 46.9 Å². The number of amides is 1. The summed E-state index contributed by atoms with van der Waals surface area (Å²) in [6.07, 6.45) is 7.61. The van der Waals surface area contributed by atoms with E-state index in [1.807, 2.05) is 12.3 Å². The van der Waals surface area contributed by atoms with Gasteiger partial charge < -0.3 is 20.0 Å². The minimum Gasteiger partial charge on any atom is -0.507 e. The normalized spacial score (nSPS) is 18.1. The smallest absolute Gasteiger partial charge is 0.266 e. The van der Waals surface area contributed by atoms with Crippen LogP contribution in [0.3, 0.4) is 0 Å². The van der Waals surface area contributed by atoms with Gasteiger partial charge in [-0.1, -0.05) is 0 Å². The van der Waals surface area contributed by atoms with Crippen LogP contribution < -0.4 is 5.32 Å². The Kier molecular flexibility index (Phi) is 7.27. The van der Waals surface area contributed by atoms with Gasteiger partial charge in [0.05, 0.1) is 34.8 Å². The standard InChI is InChI=1S/C25H26N8O5S/c26-9-7-15-1-4-17(5-2-15)33-22-18-8-10-27-23(18)29-14-20(22)30-25(33)32-31-16-3-6-21(34)19(13-16)24(35)28-11-12-39(36,37)38/h3,6,8,10,13-15,17,34H,1-2,4-5,7,11-12H2,(H,27,29)(H,28,35)(H,36,37,38)/b32-31+/t15-,17-. The number of pyridine rings is 1. The van der Waals surface area contributed by atoms with Crippen LogP contribution in [0.2, 0.25) is 0 Å². The number of aromatic hydroxyl groups is 1. The highest BCUT2D eigenvalue weighted by Crippen LogP contribution is 2.40. The predicted molar refractivity (Wildman–Crippen MR) is 142 cm³/mol. The van der Waals surface area contributed by atoms with Gasteiger partial charge >= 0.3 is 0 Å². The molecule has 0 bridgehead atoms. The number of benzene rings is 1. The van der Waals surface area contributed by atoms with Gasteiger partial charge in [0.25, 0.3) is 22.0 Å². The highest BCUT2D eigenvalue weighted by atomic mass is 32.2. The van der Waals surface area contributed by atoms with E-state index in [0.29, 0.717) is 23.8 Å². The molecule has 1 fully saturated rings. The number of hydrogen-bond acceptors (Lipinski definition) is 9. The molecule has 202 valence electrons. The third kappa shape index (κ3) is 5.74. The number of nitrogens with one attached hydrogen (secondary N) is 2. The van der Waals surface area contributed by atoms with Crippen molar-refractivity contribution in [1.82, 2.24) is 24.8 Å². The first kappa shape index (κ1) is 26.3. The molecule has 1 aliphatic carbocycles. The average molecular weight is 551 g/mol. The van der Waals surface area contributed by atoms with Crippen molar-refractivity contribution in [3.05, 3.63) is 42.2 Å². The molecule has 5 rings (SSSR count). The molecule has 14 heteroatoms. The maximum atomic E-state index is 12.5. The number of carbonyl (C=O) groups excluding carboxylic acids is 1. The summed E-state index contributed by atoms with van der Waals surface area (Å²) >= 11 is 0. The Morgan fingerprint density at radius 3 is 2.77 bits per heavy atom. The molecule has 13 nitrogen and oxygen atoms in total. The van der Waals surface area contributed by atoms with Gasteiger partial charge in [-0.15, -0.1) is 10.2 Å². The molecular weight excluding hydrogens is 524 g/mol. The molecule has 4 aromatic rings. The monoisotopic (exact) mass is 550 g/mol. The highest BCUT2D eigenvalue weighted by molar-refractivity contribution is 7.85. The fourth-order valence-electron chi connectivity index (χ4n) is 4.99. The van der Waals surface area contributed by atoms with Crippen molar-refractivity contribution in [1.29, 1.82) is 5.26 Å². The third-order valence-electron chi connectivity index (χ3n) is 6.90. The first-order valence-corrected chi connectivity index (χ1v) is 14.0. The summed E-state index contributed by atoms with van der Waals surface area (Å²) in [4.78, 5) is 24.7. The summed E-state index contributed by atoms with van der Waals surface area (Å²) in [6.45, 7) is -0.328. The van der Waals surface area contributed by atoms with E-state index in [4.69, 9.17) is 14.8 Å². The minimum absolute atomic E-state index is 0.100. The van der Waals surface area contributed by atoms with Crippen molar-refractivity contribution >= 4 is 49.7 Å². The van der Waals surface area contributed by atoms with Gasteiger partial charge in [0.15, 0.2) is 0 Å². The zero-order chi connectivity index (χ0) is 27.6. The number of azo groups is 1. The lowest BCUT2D eigenvalue weighted by Gasteiger charge is -2.29. The molecule has 0 atom stereocenters. The van der Waals surface area contributed by atoms with E-state index in [1.54, 1.807) is 6.20 Å². The molecular formula is C25H26N8O5S. The van der Waals surface area contributed by atoms with Crippen LogP contribution in [-0.4, -0.2) is 55.8 Å². The molecule has 0 aliphatic heterocycles. The van der Waals surface area contributed by atoms with Gasteiger partial charge in [-0.2, -0.15) is 13.7 Å². The van der Waals surface area contributed by atoms with E-state index in [1.165, 1.54) is 18.2 Å². The van der Waals surface area contributed by atoms with E-state index >= 15 is 0 Å². The Bertz CT molecular complexity index is 1710. The van der Waals surface area contributed by atoms with Crippen LogP contribution in [0.4, 0.5) is 11.6 Å². The van der Waals surface area contributed by atoms with Crippen LogP contribution in [0.25, 0.3) is 22.1 Å². The molecule has 0 spiro atoms. The Morgan fingerprint density at radius 2 is 2.03 bits per heavy atom. The molecule has 4 N–H and O–H groups in total. The molecule has 1 aliphatic rings. The number of phenols is 1. The molecule has 1 saturated carbocycles. The Balaban J connectivity index is 1.46. The Labute approximate surface area is 223 Å². The van der Waals surface area contributed by atoms with E-state index < -0.39 is 21.8 Å². The number of aromatic amines is 1. The molecule has 1 aromatic carbocycles. The second-order valence-electron chi connectivity index (χ2n) is 9.49. The lowest BCUT2D eigenvalue weighted by molar-refractivity contribution is 0.0953. The van der Waals surface area contributed by atoms with Crippen LogP contribution >= 0.6 is 0 Å². The first-order chi connectivity index (χ1) is 18.7. The number of fused-ring (bicyclic) bond motifs is 3. The van der Waals surface area contributed by atoms with E-state index in [9.17, 15) is 18.3 Å². The number of hydrogen-bond donors (Lipinski definition) is 4. The van der Waals surface area contributed by atoms with Crippen LogP contribution in [0.1, 0.15) is 48.5 Å². The lowest BCUT2D eigenvalue weighted by Crippen LogP contribution is -2.28. The first-order valence-electron chi connectivity index (χ1n) is 12.4. The van der Waals surface area contributed by atoms with Crippen molar-refractivity contribution in [2.45, 2.75) is 38.1 Å². The summed E-state index contributed by atoms with van der Waals surface area (Å²) in [7, 11) is -4.24. The van der Waals surface area contributed by atoms with Gasteiger partial charge in [-0.25, -0.2) is 9.97 Å². The van der Waals surface area contributed by atoms with Crippen molar-refractivity contribution in [3.8, 4) is 11.8 Å². The van der Waals surface area contributed by atoms with Crippen molar-refractivity contribution in [2.24, 2.45) is 16.1 Å². The number of imidazole rings is 1. The molecule has 1 amide bonds. The van der Waals surface area contributed by atoms with Gasteiger partial charge in [-0.05, 0) is 55.9 Å². The van der Waals surface area contributed by atoms with Crippen LogP contribution in [0, 0.1) is 17.2 Å². The second-order valence-corrected chi connectivity index (χ2v) is 11.1. The number of nitrogens with zero attached hydrogens (tertiary/aromatic N) is 6. The molecule has 0 unspecified atom stereocenters. The largest absolute Gasteiger partial charge is 0.507 e. The van der Waals surface area contributed by atoms with Crippen molar-refractivity contribution in [2.75, 3.05) is 12.3 Å². The SMILES string of the molecule is N#CC[C@H]1CC[C@H](n2c(/N=N/c3ccc(O)c(C(=O)NCCS(=O)(=O)O)c3)nc3cnc4[nH]ccc4c32)CC1. The fourth-order valence-corrected chi connectivity index (χ4v) is 5.35. The minimum atomic E-state index is -4.24. The summed E-state index contributed by atoms with van der Waals surface area (Å²) < 4.78 is 32.7. The van der Waals surface area contributed by atoms with E-state index in [-0.39, 0.29) is 29.6 Å². The number of carbonyl (C=O) groups is 1. The van der Waals surface area contributed by atoms with E-state index in [0.717, 1.165) is 42.2 Å².